The molecule has 0 aliphatic heterocycles. The fourth-order valence-electron chi connectivity index (χ4n) is 1.71. The van der Waals surface area contributed by atoms with Crippen LogP contribution in [0.3, 0.4) is 0 Å². The molecule has 0 unspecified atom stereocenters. The zero-order chi connectivity index (χ0) is 14.9. The van der Waals surface area contributed by atoms with Gasteiger partial charge in [0.1, 0.15) is 28.9 Å². The van der Waals surface area contributed by atoms with E-state index in [0.717, 1.165) is 0 Å². The van der Waals surface area contributed by atoms with Crippen LogP contribution >= 0.6 is 27.5 Å². The molecule has 6 nitrogen and oxygen atoms in total. The number of nitrogen functional groups attached to an aromatic ring is 2. The average molecular weight is 355 g/mol. The third-order valence-corrected chi connectivity index (χ3v) is 3.86. The van der Waals surface area contributed by atoms with Gasteiger partial charge in [-0.25, -0.2) is 4.98 Å². The van der Waals surface area contributed by atoms with E-state index in [1.165, 1.54) is 7.11 Å². The second-order valence-electron chi connectivity index (χ2n) is 3.74. The first-order valence-electron chi connectivity index (χ1n) is 5.35. The van der Waals surface area contributed by atoms with E-state index in [2.05, 4.69) is 25.9 Å². The van der Waals surface area contributed by atoms with Crippen molar-refractivity contribution in [2.75, 3.05) is 18.6 Å². The van der Waals surface area contributed by atoms with Crippen molar-refractivity contribution in [2.24, 2.45) is 0 Å². The van der Waals surface area contributed by atoms with Crippen LogP contribution in [0.5, 0.6) is 5.75 Å². The minimum atomic E-state index is -0.0467. The van der Waals surface area contributed by atoms with Crippen molar-refractivity contribution in [1.29, 1.82) is 5.26 Å². The number of anilines is 2. The number of rotatable bonds is 2. The van der Waals surface area contributed by atoms with Crippen molar-refractivity contribution >= 4 is 39.3 Å². The van der Waals surface area contributed by atoms with Gasteiger partial charge in [0.05, 0.1) is 17.7 Å². The van der Waals surface area contributed by atoms with E-state index in [1.807, 2.05) is 6.07 Å². The second kappa shape index (κ2) is 5.53. The van der Waals surface area contributed by atoms with E-state index in [-0.39, 0.29) is 23.0 Å². The number of nitrogens with zero attached hydrogens (tertiary/aromatic N) is 3. The summed E-state index contributed by atoms with van der Waals surface area (Å²) in [6.07, 6.45) is 0. The summed E-state index contributed by atoms with van der Waals surface area (Å²) in [7, 11) is 1.49. The van der Waals surface area contributed by atoms with Crippen LogP contribution in [0.2, 0.25) is 5.02 Å². The Labute approximate surface area is 128 Å². The predicted molar refractivity (Wildman–Crippen MR) is 80.3 cm³/mol. The Morgan fingerprint density at radius 2 is 2.05 bits per heavy atom. The molecular weight excluding hydrogens is 346 g/mol. The molecule has 1 heterocycles. The average Bonchev–Trinajstić information content (AvgIpc) is 2.41. The zero-order valence-electron chi connectivity index (χ0n) is 10.3. The van der Waals surface area contributed by atoms with Crippen molar-refractivity contribution in [3.63, 3.8) is 0 Å². The molecule has 0 amide bonds. The highest BCUT2D eigenvalue weighted by atomic mass is 79.9. The van der Waals surface area contributed by atoms with E-state index >= 15 is 0 Å². The molecule has 0 saturated heterocycles. The molecule has 0 radical (unpaired) electrons. The summed E-state index contributed by atoms with van der Waals surface area (Å²) in [5, 5.41) is 9.57. The number of hydrogen-bond donors (Lipinski definition) is 2. The van der Waals surface area contributed by atoms with Crippen molar-refractivity contribution in [3.8, 4) is 23.1 Å². The molecule has 0 saturated carbocycles. The van der Waals surface area contributed by atoms with Crippen LogP contribution in [0.1, 0.15) is 5.56 Å². The summed E-state index contributed by atoms with van der Waals surface area (Å²) in [6, 6.07) is 5.37. The number of nitriles is 1. The Morgan fingerprint density at radius 3 is 2.65 bits per heavy atom. The van der Waals surface area contributed by atoms with Crippen LogP contribution in [0.4, 0.5) is 11.8 Å². The van der Waals surface area contributed by atoms with E-state index < -0.39 is 0 Å². The number of benzene rings is 1. The number of nitrogens with two attached hydrogens (primary N) is 2. The molecule has 8 heteroatoms. The van der Waals surface area contributed by atoms with Gasteiger partial charge >= 0.3 is 0 Å². The van der Waals surface area contributed by atoms with Gasteiger partial charge in [-0.2, -0.15) is 10.2 Å². The molecule has 0 bridgehead atoms. The van der Waals surface area contributed by atoms with Crippen LogP contribution in [-0.4, -0.2) is 17.1 Å². The number of ether oxygens (including phenoxy) is 1. The van der Waals surface area contributed by atoms with E-state index in [9.17, 15) is 5.26 Å². The van der Waals surface area contributed by atoms with Crippen LogP contribution in [0.25, 0.3) is 11.3 Å². The summed E-state index contributed by atoms with van der Waals surface area (Å²) in [4.78, 5) is 7.83. The smallest absolute Gasteiger partial charge is 0.222 e. The quantitative estimate of drug-likeness (QED) is 0.857. The summed E-state index contributed by atoms with van der Waals surface area (Å²) in [6.45, 7) is 0. The molecule has 2 aromatic rings. The van der Waals surface area contributed by atoms with E-state index in [1.54, 1.807) is 12.1 Å². The van der Waals surface area contributed by atoms with Gasteiger partial charge in [0.25, 0.3) is 0 Å². The summed E-state index contributed by atoms with van der Waals surface area (Å²) >= 11 is 9.58. The first-order chi connectivity index (χ1) is 9.49. The summed E-state index contributed by atoms with van der Waals surface area (Å²) in [5.41, 5.74) is 12.1. The molecule has 0 aliphatic carbocycles. The highest BCUT2D eigenvalue weighted by Gasteiger charge is 2.21. The fourth-order valence-corrected chi connectivity index (χ4v) is 2.29. The molecule has 1 aromatic carbocycles. The monoisotopic (exact) mass is 353 g/mol. The summed E-state index contributed by atoms with van der Waals surface area (Å²) in [5.74, 6) is 0.398. The number of hydrogen-bond acceptors (Lipinski definition) is 6. The molecule has 20 heavy (non-hydrogen) atoms. The number of aromatic nitrogens is 2. The van der Waals surface area contributed by atoms with Gasteiger partial charge in [0, 0.05) is 4.47 Å². The maximum Gasteiger partial charge on any atom is 0.222 e. The summed E-state index contributed by atoms with van der Waals surface area (Å²) < 4.78 is 5.89. The van der Waals surface area contributed by atoms with Crippen LogP contribution < -0.4 is 16.2 Å². The van der Waals surface area contributed by atoms with Gasteiger partial charge in [0.15, 0.2) is 0 Å². The van der Waals surface area contributed by atoms with E-state index in [0.29, 0.717) is 20.8 Å². The zero-order valence-corrected chi connectivity index (χ0v) is 12.7. The Balaban J connectivity index is 2.88. The topological polar surface area (TPSA) is 111 Å². The SMILES string of the molecule is COc1ccc(Br)c(Cl)c1-c1nc(N)nc(N)c1C#N. The first kappa shape index (κ1) is 14.4. The molecule has 2 rings (SSSR count). The third-order valence-electron chi connectivity index (χ3n) is 2.58. The second-order valence-corrected chi connectivity index (χ2v) is 4.97. The highest BCUT2D eigenvalue weighted by molar-refractivity contribution is 9.10. The lowest BCUT2D eigenvalue weighted by atomic mass is 10.1. The molecular formula is C12H9BrClN5O. The Hall–Kier alpha value is -2.04. The lowest BCUT2D eigenvalue weighted by Crippen LogP contribution is -2.06. The van der Waals surface area contributed by atoms with Crippen molar-refractivity contribution in [1.82, 2.24) is 9.97 Å². The molecule has 0 aliphatic rings. The molecule has 4 N–H and O–H groups in total. The van der Waals surface area contributed by atoms with Crippen molar-refractivity contribution < 1.29 is 4.74 Å². The molecule has 102 valence electrons. The predicted octanol–water partition coefficient (Wildman–Crippen LogP) is 2.60. The van der Waals surface area contributed by atoms with Gasteiger partial charge in [-0.15, -0.1) is 0 Å². The van der Waals surface area contributed by atoms with Crippen molar-refractivity contribution in [2.45, 2.75) is 0 Å². The molecule has 1 aromatic heterocycles. The van der Waals surface area contributed by atoms with Crippen LogP contribution in [-0.2, 0) is 0 Å². The van der Waals surface area contributed by atoms with Crippen molar-refractivity contribution in [3.05, 3.63) is 27.2 Å². The molecule has 0 atom stereocenters. The van der Waals surface area contributed by atoms with E-state index in [4.69, 9.17) is 27.8 Å². The fraction of sp³-hybridized carbons (Fsp3) is 0.0833. The molecule has 0 fully saturated rings. The first-order valence-corrected chi connectivity index (χ1v) is 6.52. The van der Waals surface area contributed by atoms with Gasteiger partial charge in [-0.3, -0.25) is 0 Å². The maximum atomic E-state index is 9.23. The largest absolute Gasteiger partial charge is 0.496 e. The third kappa shape index (κ3) is 2.35. The van der Waals surface area contributed by atoms with Gasteiger partial charge in [0.2, 0.25) is 5.95 Å². The maximum absolute atomic E-state index is 9.23. The molecule has 0 spiro atoms. The minimum Gasteiger partial charge on any atom is -0.496 e. The lowest BCUT2D eigenvalue weighted by Gasteiger charge is -2.13. The van der Waals surface area contributed by atoms with Gasteiger partial charge in [-0.05, 0) is 28.1 Å². The Kier molecular flexibility index (Phi) is 3.97. The standard InChI is InChI=1S/C12H9BrClN5O/c1-20-7-3-2-6(13)9(14)8(7)10-5(4-15)11(16)19-12(17)18-10/h2-3H,1H3,(H4,16,17,18,19). The minimum absolute atomic E-state index is 0.00639. The highest BCUT2D eigenvalue weighted by Crippen LogP contribution is 2.41. The van der Waals surface area contributed by atoms with Crippen LogP contribution in [0, 0.1) is 11.3 Å². The van der Waals surface area contributed by atoms with Gasteiger partial charge in [-0.1, -0.05) is 11.6 Å². The Bertz CT molecular complexity index is 729. The lowest BCUT2D eigenvalue weighted by molar-refractivity contribution is 0.416. The number of methoxy groups -OCH3 is 1. The van der Waals surface area contributed by atoms with Crippen LogP contribution in [0.15, 0.2) is 16.6 Å². The Morgan fingerprint density at radius 1 is 1.35 bits per heavy atom. The number of halogens is 2. The normalized spacial score (nSPS) is 10.1. The van der Waals surface area contributed by atoms with Gasteiger partial charge < -0.3 is 16.2 Å².